The number of ether oxygens (including phenoxy) is 1. The monoisotopic (exact) mass is 494 g/mol. The SMILES string of the molecule is COC(=O)/C=C/C(=O)CC(=O)SCCNC(=O)CCNC(=O)[C@@H]1OP(=O)(O)OCC1(C)C. The van der Waals surface area contributed by atoms with Crippen molar-refractivity contribution in [1.82, 2.24) is 10.6 Å². The number of thioether (sulfide) groups is 1. The molecule has 3 N–H and O–H groups in total. The van der Waals surface area contributed by atoms with E-state index in [1.165, 1.54) is 0 Å². The number of phosphoric acid groups is 1. The van der Waals surface area contributed by atoms with E-state index in [9.17, 15) is 33.4 Å². The molecule has 0 aromatic carbocycles. The second-order valence-corrected chi connectivity index (χ2v) is 9.89. The lowest BCUT2D eigenvalue weighted by atomic mass is 9.87. The number of hydrogen-bond acceptors (Lipinski definition) is 10. The van der Waals surface area contributed by atoms with Crippen molar-refractivity contribution in [2.45, 2.75) is 32.8 Å². The number of allylic oxidation sites excluding steroid dienone is 1. The zero-order valence-electron chi connectivity index (χ0n) is 18.0. The number of phosphoric ester groups is 1. The third-order valence-electron chi connectivity index (χ3n) is 4.05. The molecular weight excluding hydrogens is 467 g/mol. The van der Waals surface area contributed by atoms with Crippen molar-refractivity contribution in [2.75, 3.05) is 32.6 Å². The number of carbonyl (C=O) groups is 5. The zero-order chi connectivity index (χ0) is 24.4. The molecule has 2 amide bonds. The Bertz CT molecular complexity index is 814. The molecule has 1 heterocycles. The van der Waals surface area contributed by atoms with E-state index in [4.69, 9.17) is 9.05 Å². The normalized spacial score (nSPS) is 22.2. The number of nitrogens with one attached hydrogen (secondary N) is 2. The van der Waals surface area contributed by atoms with Gasteiger partial charge in [0.1, 0.15) is 0 Å². The Balaban J connectivity index is 2.23. The Labute approximate surface area is 189 Å². The third kappa shape index (κ3) is 10.5. The highest BCUT2D eigenvalue weighted by molar-refractivity contribution is 8.13. The predicted molar refractivity (Wildman–Crippen MR) is 113 cm³/mol. The Hall–Kier alpha value is -2.05. The first-order valence-corrected chi connectivity index (χ1v) is 12.0. The summed E-state index contributed by atoms with van der Waals surface area (Å²) in [5.41, 5.74) is -0.830. The van der Waals surface area contributed by atoms with Crippen LogP contribution in [-0.4, -0.2) is 72.2 Å². The number of rotatable bonds is 11. The second kappa shape index (κ2) is 12.9. The van der Waals surface area contributed by atoms with Crippen molar-refractivity contribution in [3.05, 3.63) is 12.2 Å². The molecule has 0 aromatic heterocycles. The molecule has 0 saturated carbocycles. The first-order valence-electron chi connectivity index (χ1n) is 9.51. The molecule has 1 aliphatic rings. The summed E-state index contributed by atoms with van der Waals surface area (Å²) in [5, 5.41) is 4.63. The van der Waals surface area contributed by atoms with Gasteiger partial charge in [-0.2, -0.15) is 0 Å². The molecule has 0 bridgehead atoms. The van der Waals surface area contributed by atoms with Gasteiger partial charge in [-0.15, -0.1) is 0 Å². The minimum atomic E-state index is -4.29. The molecule has 180 valence electrons. The summed E-state index contributed by atoms with van der Waals surface area (Å²) < 4.78 is 25.4. The number of hydrogen-bond donors (Lipinski definition) is 3. The van der Waals surface area contributed by atoms with Crippen LogP contribution in [0.3, 0.4) is 0 Å². The van der Waals surface area contributed by atoms with Crippen molar-refractivity contribution in [1.29, 1.82) is 0 Å². The minimum absolute atomic E-state index is 0.0235. The smallest absolute Gasteiger partial charge is 0.466 e. The molecule has 1 rings (SSSR count). The Morgan fingerprint density at radius 1 is 1.19 bits per heavy atom. The maximum atomic E-state index is 12.3. The van der Waals surface area contributed by atoms with Crippen LogP contribution in [0.1, 0.15) is 26.7 Å². The van der Waals surface area contributed by atoms with Crippen molar-refractivity contribution < 1.29 is 47.2 Å². The second-order valence-electron chi connectivity index (χ2n) is 7.33. The fourth-order valence-corrected chi connectivity index (χ4v) is 4.23. The van der Waals surface area contributed by atoms with E-state index in [0.717, 1.165) is 31.0 Å². The number of methoxy groups -OCH3 is 1. The lowest BCUT2D eigenvalue weighted by Gasteiger charge is -2.38. The van der Waals surface area contributed by atoms with E-state index in [1.807, 2.05) is 0 Å². The van der Waals surface area contributed by atoms with Gasteiger partial charge < -0.3 is 20.3 Å². The molecule has 1 saturated heterocycles. The number of ketones is 1. The molecule has 0 radical (unpaired) electrons. The average Bonchev–Trinajstić information content (AvgIpc) is 2.71. The molecule has 0 spiro atoms. The molecule has 0 aliphatic carbocycles. The van der Waals surface area contributed by atoms with Crippen LogP contribution in [0.5, 0.6) is 0 Å². The van der Waals surface area contributed by atoms with Crippen molar-refractivity contribution in [3.8, 4) is 0 Å². The van der Waals surface area contributed by atoms with E-state index in [0.29, 0.717) is 0 Å². The molecule has 2 atom stereocenters. The number of amides is 2. The molecule has 1 aliphatic heterocycles. The maximum Gasteiger partial charge on any atom is 0.472 e. The third-order valence-corrected chi connectivity index (χ3v) is 5.86. The summed E-state index contributed by atoms with van der Waals surface area (Å²) >= 11 is 0.861. The summed E-state index contributed by atoms with van der Waals surface area (Å²) in [6, 6.07) is 0. The van der Waals surface area contributed by atoms with Crippen LogP contribution in [0.2, 0.25) is 0 Å². The van der Waals surface area contributed by atoms with Crippen molar-refractivity contribution in [3.63, 3.8) is 0 Å². The Morgan fingerprint density at radius 2 is 1.88 bits per heavy atom. The highest BCUT2D eigenvalue weighted by Crippen LogP contribution is 2.52. The van der Waals surface area contributed by atoms with Gasteiger partial charge in [0.15, 0.2) is 17.0 Å². The standard InChI is InChI=1S/C18H27N2O10PS/c1-18(2)11-29-31(26,27)30-16(18)17(25)20-7-6-13(22)19-8-9-32-15(24)10-12(21)4-5-14(23)28-3/h4-5,16H,6-11H2,1-3H3,(H,19,22)(H,20,25)(H,26,27)/b5-4+/t16-/m0/s1. The van der Waals surface area contributed by atoms with E-state index in [-0.39, 0.29) is 44.2 Å². The molecule has 1 fully saturated rings. The van der Waals surface area contributed by atoms with Gasteiger partial charge >= 0.3 is 13.8 Å². The maximum absolute atomic E-state index is 12.3. The molecular formula is C18H27N2O10PS. The zero-order valence-corrected chi connectivity index (χ0v) is 19.7. The van der Waals surface area contributed by atoms with E-state index in [1.54, 1.807) is 13.8 Å². The molecule has 14 heteroatoms. The first-order chi connectivity index (χ1) is 14.9. The molecule has 12 nitrogen and oxygen atoms in total. The van der Waals surface area contributed by atoms with Gasteiger partial charge in [0.05, 0.1) is 20.1 Å². The van der Waals surface area contributed by atoms with Gasteiger partial charge in [-0.05, 0) is 6.08 Å². The average molecular weight is 494 g/mol. The van der Waals surface area contributed by atoms with Crippen LogP contribution < -0.4 is 10.6 Å². The van der Waals surface area contributed by atoms with E-state index < -0.39 is 42.1 Å². The van der Waals surface area contributed by atoms with Crippen LogP contribution in [-0.2, 0) is 42.3 Å². The topological polar surface area (TPSA) is 174 Å². The Morgan fingerprint density at radius 3 is 2.53 bits per heavy atom. The van der Waals surface area contributed by atoms with Gasteiger partial charge in [-0.3, -0.25) is 28.2 Å². The van der Waals surface area contributed by atoms with Crippen LogP contribution in [0.4, 0.5) is 0 Å². The largest absolute Gasteiger partial charge is 0.472 e. The van der Waals surface area contributed by atoms with Gasteiger partial charge in [-0.1, -0.05) is 25.6 Å². The quantitative estimate of drug-likeness (QED) is 0.117. The summed E-state index contributed by atoms with van der Waals surface area (Å²) in [4.78, 5) is 67.5. The summed E-state index contributed by atoms with van der Waals surface area (Å²) in [7, 11) is -3.13. The highest BCUT2D eigenvalue weighted by atomic mass is 32.2. The number of carbonyl (C=O) groups excluding carboxylic acids is 5. The van der Waals surface area contributed by atoms with E-state index in [2.05, 4.69) is 15.4 Å². The fraction of sp³-hybridized carbons (Fsp3) is 0.611. The first kappa shape index (κ1) is 28.0. The van der Waals surface area contributed by atoms with Gasteiger partial charge in [0.25, 0.3) is 0 Å². The number of esters is 1. The van der Waals surface area contributed by atoms with Crippen LogP contribution in [0, 0.1) is 5.41 Å². The highest BCUT2D eigenvalue weighted by Gasteiger charge is 2.47. The van der Waals surface area contributed by atoms with Crippen LogP contribution in [0.15, 0.2) is 12.2 Å². The molecule has 0 aromatic rings. The summed E-state index contributed by atoms with van der Waals surface area (Å²) in [6.45, 7) is 3.29. The lowest BCUT2D eigenvalue weighted by Crippen LogP contribution is -2.49. The van der Waals surface area contributed by atoms with Crippen molar-refractivity contribution in [2.24, 2.45) is 5.41 Å². The fourth-order valence-electron chi connectivity index (χ4n) is 2.35. The van der Waals surface area contributed by atoms with E-state index >= 15 is 0 Å². The molecule has 1 unspecified atom stereocenters. The van der Waals surface area contributed by atoms with Gasteiger partial charge in [0.2, 0.25) is 11.8 Å². The van der Waals surface area contributed by atoms with Gasteiger partial charge in [-0.25, -0.2) is 9.36 Å². The predicted octanol–water partition coefficient (Wildman–Crippen LogP) is 0.0991. The molecule has 32 heavy (non-hydrogen) atoms. The lowest BCUT2D eigenvalue weighted by molar-refractivity contribution is -0.141. The minimum Gasteiger partial charge on any atom is -0.466 e. The summed E-state index contributed by atoms with van der Waals surface area (Å²) in [6.07, 6.45) is 0.247. The summed E-state index contributed by atoms with van der Waals surface area (Å²) in [5.74, 6) is -2.01. The Kier molecular flexibility index (Phi) is 11.2. The van der Waals surface area contributed by atoms with Crippen LogP contribution >= 0.6 is 19.6 Å². The van der Waals surface area contributed by atoms with Crippen LogP contribution in [0.25, 0.3) is 0 Å². The van der Waals surface area contributed by atoms with Gasteiger partial charge in [0, 0.05) is 36.8 Å². The van der Waals surface area contributed by atoms with Crippen molar-refractivity contribution >= 4 is 48.3 Å².